The van der Waals surface area contributed by atoms with E-state index in [0.29, 0.717) is 22.4 Å². The summed E-state index contributed by atoms with van der Waals surface area (Å²) >= 11 is 5.94. The van der Waals surface area contributed by atoms with Crippen molar-refractivity contribution in [2.45, 2.75) is 0 Å². The molecule has 0 saturated carbocycles. The summed E-state index contributed by atoms with van der Waals surface area (Å²) in [5.41, 5.74) is 6.13. The van der Waals surface area contributed by atoms with E-state index in [4.69, 9.17) is 22.1 Å². The molecule has 3 N–H and O–H groups in total. The number of ether oxygens (including phenoxy) is 1. The lowest BCUT2D eigenvalue weighted by molar-refractivity contribution is 0.400. The predicted molar refractivity (Wildman–Crippen MR) is 65.5 cm³/mol. The highest BCUT2D eigenvalue weighted by molar-refractivity contribution is 6.32. The van der Waals surface area contributed by atoms with Crippen LogP contribution in [0.4, 0.5) is 17.5 Å². The summed E-state index contributed by atoms with van der Waals surface area (Å²) in [5, 5.41) is 3.35. The first-order valence-corrected chi connectivity index (χ1v) is 5.12. The number of nitrogens with two attached hydrogens (primary N) is 1. The quantitative estimate of drug-likeness (QED) is 0.866. The molecule has 0 amide bonds. The largest absolute Gasteiger partial charge is 0.480 e. The molecular formula is C10H10ClN5O. The molecule has 0 radical (unpaired) electrons. The number of pyridine rings is 1. The van der Waals surface area contributed by atoms with E-state index in [2.05, 4.69) is 20.3 Å². The van der Waals surface area contributed by atoms with Crippen LogP contribution >= 0.6 is 11.6 Å². The monoisotopic (exact) mass is 251 g/mol. The van der Waals surface area contributed by atoms with E-state index in [1.165, 1.54) is 13.3 Å². The normalized spacial score (nSPS) is 10.0. The average Bonchev–Trinajstić information content (AvgIpc) is 2.34. The van der Waals surface area contributed by atoms with Crippen LogP contribution in [-0.4, -0.2) is 22.1 Å². The molecule has 0 aromatic carbocycles. The second-order valence-electron chi connectivity index (χ2n) is 3.11. The van der Waals surface area contributed by atoms with Crippen LogP contribution in [0.25, 0.3) is 0 Å². The highest BCUT2D eigenvalue weighted by Crippen LogP contribution is 2.27. The molecule has 0 atom stereocenters. The molecule has 2 aromatic heterocycles. The van der Waals surface area contributed by atoms with Crippen molar-refractivity contribution in [1.29, 1.82) is 0 Å². The van der Waals surface area contributed by atoms with E-state index >= 15 is 0 Å². The van der Waals surface area contributed by atoms with E-state index in [1.807, 2.05) is 0 Å². The topological polar surface area (TPSA) is 86.0 Å². The summed E-state index contributed by atoms with van der Waals surface area (Å²) in [5.74, 6) is 0.992. The Balaban J connectivity index is 2.34. The van der Waals surface area contributed by atoms with Crippen molar-refractivity contribution in [3.8, 4) is 5.88 Å². The van der Waals surface area contributed by atoms with Crippen molar-refractivity contribution in [3.05, 3.63) is 29.5 Å². The number of nitrogen functional groups attached to an aromatic ring is 1. The highest BCUT2D eigenvalue weighted by Gasteiger charge is 2.08. The van der Waals surface area contributed by atoms with E-state index in [1.54, 1.807) is 18.3 Å². The van der Waals surface area contributed by atoms with Gasteiger partial charge in [0, 0.05) is 6.20 Å². The number of nitrogens with one attached hydrogen (secondary N) is 1. The number of nitrogens with zero attached hydrogens (tertiary/aromatic N) is 3. The Morgan fingerprint density at radius 3 is 3.00 bits per heavy atom. The van der Waals surface area contributed by atoms with E-state index < -0.39 is 0 Å². The summed E-state index contributed by atoms with van der Waals surface area (Å²) < 4.78 is 5.10. The van der Waals surface area contributed by atoms with Crippen LogP contribution in [0.15, 0.2) is 24.5 Å². The second kappa shape index (κ2) is 4.84. The zero-order valence-corrected chi connectivity index (χ0v) is 9.77. The summed E-state index contributed by atoms with van der Waals surface area (Å²) in [6, 6.07) is 3.56. The molecule has 0 fully saturated rings. The molecule has 17 heavy (non-hydrogen) atoms. The van der Waals surface area contributed by atoms with Gasteiger partial charge in [0.25, 0.3) is 0 Å². The minimum Gasteiger partial charge on any atom is -0.480 e. The van der Waals surface area contributed by atoms with Gasteiger partial charge in [-0.2, -0.15) is 4.98 Å². The maximum absolute atomic E-state index is 5.94. The Kier molecular flexibility index (Phi) is 3.24. The number of methoxy groups -OCH3 is 1. The molecule has 2 heterocycles. The van der Waals surface area contributed by atoms with Crippen LogP contribution < -0.4 is 15.8 Å². The zero-order valence-electron chi connectivity index (χ0n) is 9.01. The second-order valence-corrected chi connectivity index (χ2v) is 3.52. The maximum Gasteiger partial charge on any atom is 0.237 e. The number of hydrogen-bond acceptors (Lipinski definition) is 6. The third-order valence-electron chi connectivity index (χ3n) is 1.98. The maximum atomic E-state index is 5.94. The lowest BCUT2D eigenvalue weighted by Gasteiger charge is -2.10. The fourth-order valence-electron chi connectivity index (χ4n) is 1.24. The molecule has 0 aliphatic carbocycles. The summed E-state index contributed by atoms with van der Waals surface area (Å²) in [7, 11) is 1.53. The molecule has 88 valence electrons. The van der Waals surface area contributed by atoms with Gasteiger partial charge < -0.3 is 15.8 Å². The molecule has 0 aliphatic rings. The Morgan fingerprint density at radius 2 is 2.24 bits per heavy atom. The minimum atomic E-state index is 0.139. The summed E-state index contributed by atoms with van der Waals surface area (Å²) in [4.78, 5) is 11.8. The van der Waals surface area contributed by atoms with Gasteiger partial charge in [-0.05, 0) is 12.1 Å². The molecule has 0 aliphatic heterocycles. The van der Waals surface area contributed by atoms with Crippen LogP contribution in [-0.2, 0) is 0 Å². The van der Waals surface area contributed by atoms with Gasteiger partial charge in [0.1, 0.15) is 10.7 Å². The predicted octanol–water partition coefficient (Wildman–Crippen LogP) is 1.86. The molecule has 6 nitrogen and oxygen atoms in total. The van der Waals surface area contributed by atoms with Crippen LogP contribution in [0.1, 0.15) is 0 Å². The lowest BCUT2D eigenvalue weighted by atomic mass is 10.4. The van der Waals surface area contributed by atoms with Gasteiger partial charge in [0.15, 0.2) is 5.82 Å². The highest BCUT2D eigenvalue weighted by atomic mass is 35.5. The van der Waals surface area contributed by atoms with Gasteiger partial charge in [0.2, 0.25) is 11.8 Å². The first-order chi connectivity index (χ1) is 8.20. The van der Waals surface area contributed by atoms with Crippen molar-refractivity contribution in [2.75, 3.05) is 18.2 Å². The minimum absolute atomic E-state index is 0.139. The third kappa shape index (κ3) is 2.54. The Labute approximate surface area is 103 Å². The van der Waals surface area contributed by atoms with Crippen LogP contribution in [0, 0.1) is 0 Å². The summed E-state index contributed by atoms with van der Waals surface area (Å²) in [6.45, 7) is 0. The van der Waals surface area contributed by atoms with Crippen molar-refractivity contribution in [3.63, 3.8) is 0 Å². The first-order valence-electron chi connectivity index (χ1n) is 4.74. The number of aromatic nitrogens is 3. The number of rotatable bonds is 3. The SMILES string of the molecule is COc1ncccc1Nc1nc(N)ncc1Cl. The molecule has 0 unspecified atom stereocenters. The molecule has 2 rings (SSSR count). The molecule has 0 spiro atoms. The Morgan fingerprint density at radius 1 is 1.41 bits per heavy atom. The molecule has 7 heteroatoms. The Hall–Kier alpha value is -2.08. The number of anilines is 3. The van der Waals surface area contributed by atoms with Crippen molar-refractivity contribution >= 4 is 29.1 Å². The van der Waals surface area contributed by atoms with Crippen LogP contribution in [0.5, 0.6) is 5.88 Å². The van der Waals surface area contributed by atoms with Gasteiger partial charge in [-0.3, -0.25) is 0 Å². The van der Waals surface area contributed by atoms with Gasteiger partial charge in [-0.1, -0.05) is 11.6 Å². The number of hydrogen-bond donors (Lipinski definition) is 2. The standard InChI is InChI=1S/C10H10ClN5O/c1-17-9-7(3-2-4-13-9)15-8-6(11)5-14-10(12)16-8/h2-5H,1H3,(H3,12,14,15,16). The molecule has 0 saturated heterocycles. The fraction of sp³-hybridized carbons (Fsp3) is 0.100. The smallest absolute Gasteiger partial charge is 0.237 e. The average molecular weight is 252 g/mol. The van der Waals surface area contributed by atoms with Crippen molar-refractivity contribution < 1.29 is 4.74 Å². The van der Waals surface area contributed by atoms with Crippen molar-refractivity contribution in [1.82, 2.24) is 15.0 Å². The van der Waals surface area contributed by atoms with Gasteiger partial charge in [0.05, 0.1) is 13.3 Å². The van der Waals surface area contributed by atoms with Gasteiger partial charge >= 0.3 is 0 Å². The van der Waals surface area contributed by atoms with Gasteiger partial charge in [-0.15, -0.1) is 0 Å². The third-order valence-corrected chi connectivity index (χ3v) is 2.26. The van der Waals surface area contributed by atoms with Crippen LogP contribution in [0.2, 0.25) is 5.02 Å². The Bertz CT molecular complexity index is 534. The lowest BCUT2D eigenvalue weighted by Crippen LogP contribution is -2.02. The number of halogens is 1. The summed E-state index contributed by atoms with van der Waals surface area (Å²) in [6.07, 6.45) is 3.05. The van der Waals surface area contributed by atoms with Crippen molar-refractivity contribution in [2.24, 2.45) is 0 Å². The van der Waals surface area contributed by atoms with Gasteiger partial charge in [-0.25, -0.2) is 9.97 Å². The van der Waals surface area contributed by atoms with Crippen LogP contribution in [0.3, 0.4) is 0 Å². The molecule has 0 bridgehead atoms. The molecular weight excluding hydrogens is 242 g/mol. The fourth-order valence-corrected chi connectivity index (χ4v) is 1.38. The first kappa shape index (κ1) is 11.4. The zero-order chi connectivity index (χ0) is 12.3. The van der Waals surface area contributed by atoms with E-state index in [0.717, 1.165) is 0 Å². The van der Waals surface area contributed by atoms with E-state index in [-0.39, 0.29) is 5.95 Å². The molecule has 2 aromatic rings. The van der Waals surface area contributed by atoms with E-state index in [9.17, 15) is 0 Å².